The average molecular weight is 444 g/mol. The van der Waals surface area contributed by atoms with Gasteiger partial charge in [-0.15, -0.1) is 11.3 Å². The molecular weight excluding hydrogens is 418 g/mol. The Labute approximate surface area is 184 Å². The summed E-state index contributed by atoms with van der Waals surface area (Å²) in [7, 11) is 0. The molecule has 164 valence electrons. The number of nitrogens with zero attached hydrogens (tertiary/aromatic N) is 2. The molecular formula is C21H25N5O4S. The third-order valence-corrected chi connectivity index (χ3v) is 6.12. The van der Waals surface area contributed by atoms with Crippen molar-refractivity contribution in [1.29, 1.82) is 0 Å². The van der Waals surface area contributed by atoms with E-state index >= 15 is 0 Å². The number of hydrogen-bond donors (Lipinski definition) is 3. The number of thiazole rings is 1. The number of rotatable bonds is 6. The Balaban J connectivity index is 1.28. The van der Waals surface area contributed by atoms with Crippen LogP contribution in [0.5, 0.6) is 0 Å². The summed E-state index contributed by atoms with van der Waals surface area (Å²) in [6.45, 7) is 3.69. The molecule has 2 aliphatic rings. The summed E-state index contributed by atoms with van der Waals surface area (Å²) < 4.78 is 5.42. The van der Waals surface area contributed by atoms with Gasteiger partial charge in [-0.25, -0.2) is 4.98 Å². The molecule has 4 rings (SSSR count). The van der Waals surface area contributed by atoms with Crippen molar-refractivity contribution in [1.82, 2.24) is 9.88 Å². The molecule has 2 aromatic rings. The minimum absolute atomic E-state index is 0.104. The van der Waals surface area contributed by atoms with Crippen molar-refractivity contribution in [2.75, 3.05) is 35.6 Å². The SMILES string of the molecule is CC(=O)Nc1ccc(NC(=O)CN2CCc3nc(NC(=O)C4CCCO4)sc3C2)cc1. The van der Waals surface area contributed by atoms with Crippen LogP contribution in [0.2, 0.25) is 0 Å². The number of carbonyl (C=O) groups is 3. The summed E-state index contributed by atoms with van der Waals surface area (Å²) in [6.07, 6.45) is 2.01. The zero-order valence-electron chi connectivity index (χ0n) is 17.3. The Morgan fingerprint density at radius 2 is 1.90 bits per heavy atom. The molecule has 10 heteroatoms. The van der Waals surface area contributed by atoms with Gasteiger partial charge in [-0.2, -0.15) is 0 Å². The van der Waals surface area contributed by atoms with Gasteiger partial charge in [0.1, 0.15) is 6.10 Å². The van der Waals surface area contributed by atoms with Gasteiger partial charge >= 0.3 is 0 Å². The molecule has 1 unspecified atom stereocenters. The zero-order valence-corrected chi connectivity index (χ0v) is 18.1. The molecule has 2 aliphatic heterocycles. The molecule has 1 aromatic carbocycles. The molecule has 3 heterocycles. The van der Waals surface area contributed by atoms with Gasteiger partial charge in [-0.3, -0.25) is 24.6 Å². The highest BCUT2D eigenvalue weighted by molar-refractivity contribution is 7.15. The van der Waals surface area contributed by atoms with Crippen LogP contribution in [-0.4, -0.2) is 53.4 Å². The summed E-state index contributed by atoms with van der Waals surface area (Å²) in [5.41, 5.74) is 2.34. The minimum Gasteiger partial charge on any atom is -0.368 e. The number of hydrogen-bond acceptors (Lipinski definition) is 7. The van der Waals surface area contributed by atoms with Crippen LogP contribution in [0.3, 0.4) is 0 Å². The van der Waals surface area contributed by atoms with Crippen molar-refractivity contribution in [3.63, 3.8) is 0 Å². The van der Waals surface area contributed by atoms with Crippen molar-refractivity contribution in [3.05, 3.63) is 34.8 Å². The topological polar surface area (TPSA) is 113 Å². The molecule has 0 spiro atoms. The summed E-state index contributed by atoms with van der Waals surface area (Å²) in [6, 6.07) is 7.00. The smallest absolute Gasteiger partial charge is 0.255 e. The monoisotopic (exact) mass is 443 g/mol. The molecule has 0 aliphatic carbocycles. The quantitative estimate of drug-likeness (QED) is 0.631. The standard InChI is InChI=1S/C21H25N5O4S/c1-13(27)22-14-4-6-15(7-5-14)23-19(28)12-26-9-8-16-18(11-26)31-21(24-16)25-20(29)17-3-2-10-30-17/h4-7,17H,2-3,8-12H2,1H3,(H,22,27)(H,23,28)(H,24,25,29). The lowest BCUT2D eigenvalue weighted by Crippen LogP contribution is -2.36. The lowest BCUT2D eigenvalue weighted by Gasteiger charge is -2.25. The molecule has 0 radical (unpaired) electrons. The van der Waals surface area contributed by atoms with E-state index in [0.717, 1.165) is 36.4 Å². The molecule has 0 bridgehead atoms. The highest BCUT2D eigenvalue weighted by Crippen LogP contribution is 2.29. The second kappa shape index (κ2) is 9.54. The van der Waals surface area contributed by atoms with Gasteiger partial charge < -0.3 is 15.4 Å². The summed E-state index contributed by atoms with van der Waals surface area (Å²) in [4.78, 5) is 43.4. The molecule has 1 atom stereocenters. The minimum atomic E-state index is -0.381. The van der Waals surface area contributed by atoms with E-state index in [0.29, 0.717) is 29.7 Å². The maximum absolute atomic E-state index is 12.4. The molecule has 0 saturated carbocycles. The average Bonchev–Trinajstić information content (AvgIpc) is 3.38. The molecule has 31 heavy (non-hydrogen) atoms. The van der Waals surface area contributed by atoms with E-state index in [1.165, 1.54) is 18.3 Å². The lowest BCUT2D eigenvalue weighted by molar-refractivity contribution is -0.124. The Hall–Kier alpha value is -2.82. The first-order valence-corrected chi connectivity index (χ1v) is 11.1. The van der Waals surface area contributed by atoms with Crippen molar-refractivity contribution < 1.29 is 19.1 Å². The van der Waals surface area contributed by atoms with Gasteiger partial charge in [0, 0.05) is 49.3 Å². The Kier molecular flexibility index (Phi) is 6.59. The van der Waals surface area contributed by atoms with Crippen LogP contribution in [0, 0.1) is 0 Å². The third-order valence-electron chi connectivity index (χ3n) is 5.12. The predicted octanol–water partition coefficient (Wildman–Crippen LogP) is 2.22. The first-order valence-electron chi connectivity index (χ1n) is 10.3. The maximum Gasteiger partial charge on any atom is 0.255 e. The lowest BCUT2D eigenvalue weighted by atomic mass is 10.2. The van der Waals surface area contributed by atoms with E-state index in [4.69, 9.17) is 4.74 Å². The fraction of sp³-hybridized carbons (Fsp3) is 0.429. The Morgan fingerprint density at radius 1 is 1.16 bits per heavy atom. The van der Waals surface area contributed by atoms with Crippen LogP contribution in [0.1, 0.15) is 30.3 Å². The molecule has 3 amide bonds. The van der Waals surface area contributed by atoms with Crippen molar-refractivity contribution >= 4 is 45.6 Å². The fourth-order valence-electron chi connectivity index (χ4n) is 3.65. The van der Waals surface area contributed by atoms with Crippen LogP contribution in [0.25, 0.3) is 0 Å². The Bertz CT molecular complexity index is 969. The molecule has 3 N–H and O–H groups in total. The normalized spacial score (nSPS) is 18.3. The van der Waals surface area contributed by atoms with Gasteiger partial charge in [0.05, 0.1) is 12.2 Å². The summed E-state index contributed by atoms with van der Waals surface area (Å²) >= 11 is 1.46. The molecule has 1 aromatic heterocycles. The number of benzene rings is 1. The maximum atomic E-state index is 12.4. The van der Waals surface area contributed by atoms with Crippen molar-refractivity contribution in [2.24, 2.45) is 0 Å². The fourth-order valence-corrected chi connectivity index (χ4v) is 4.70. The number of carbonyl (C=O) groups excluding carboxylic acids is 3. The number of nitrogens with one attached hydrogen (secondary N) is 3. The van der Waals surface area contributed by atoms with Gasteiger partial charge in [0.25, 0.3) is 5.91 Å². The summed E-state index contributed by atoms with van der Waals surface area (Å²) in [5.74, 6) is -0.379. The van der Waals surface area contributed by atoms with Gasteiger partial charge in [-0.1, -0.05) is 0 Å². The van der Waals surface area contributed by atoms with E-state index in [2.05, 4.69) is 25.8 Å². The second-order valence-electron chi connectivity index (χ2n) is 7.65. The number of ether oxygens (including phenoxy) is 1. The van der Waals surface area contributed by atoms with Gasteiger partial charge in [0.2, 0.25) is 11.8 Å². The Morgan fingerprint density at radius 3 is 2.58 bits per heavy atom. The van der Waals surface area contributed by atoms with Crippen LogP contribution < -0.4 is 16.0 Å². The van der Waals surface area contributed by atoms with Gasteiger partial charge in [0.15, 0.2) is 5.13 Å². The first kappa shape index (κ1) is 21.4. The predicted molar refractivity (Wildman–Crippen MR) is 118 cm³/mol. The van der Waals surface area contributed by atoms with Crippen LogP contribution >= 0.6 is 11.3 Å². The van der Waals surface area contributed by atoms with Crippen molar-refractivity contribution in [2.45, 2.75) is 38.8 Å². The number of amides is 3. The zero-order chi connectivity index (χ0) is 21.8. The number of aromatic nitrogens is 1. The first-order chi connectivity index (χ1) is 15.0. The second-order valence-corrected chi connectivity index (χ2v) is 8.73. The summed E-state index contributed by atoms with van der Waals surface area (Å²) in [5, 5.41) is 9.03. The van der Waals surface area contributed by atoms with Crippen LogP contribution in [0.15, 0.2) is 24.3 Å². The number of fused-ring (bicyclic) bond motifs is 1. The van der Waals surface area contributed by atoms with Gasteiger partial charge in [-0.05, 0) is 37.1 Å². The van der Waals surface area contributed by atoms with Crippen LogP contribution in [0.4, 0.5) is 16.5 Å². The van der Waals surface area contributed by atoms with E-state index < -0.39 is 0 Å². The molecule has 9 nitrogen and oxygen atoms in total. The third kappa shape index (κ3) is 5.66. The van der Waals surface area contributed by atoms with Crippen LogP contribution in [-0.2, 0) is 32.1 Å². The van der Waals surface area contributed by atoms with E-state index in [1.807, 2.05) is 0 Å². The molecule has 1 fully saturated rings. The highest BCUT2D eigenvalue weighted by atomic mass is 32.1. The van der Waals surface area contributed by atoms with E-state index in [9.17, 15) is 14.4 Å². The number of anilines is 3. The van der Waals surface area contributed by atoms with E-state index in [1.54, 1.807) is 24.3 Å². The van der Waals surface area contributed by atoms with Crippen molar-refractivity contribution in [3.8, 4) is 0 Å². The molecule has 1 saturated heterocycles. The highest BCUT2D eigenvalue weighted by Gasteiger charge is 2.26. The largest absolute Gasteiger partial charge is 0.368 e. The van der Waals surface area contributed by atoms with E-state index in [-0.39, 0.29) is 30.4 Å².